The van der Waals surface area contributed by atoms with Crippen molar-refractivity contribution in [3.63, 3.8) is 0 Å². The SMILES string of the molecule is Nc1ncnc2c1ncn2[C@@H]1O[C@H](CCF)[C@@H](O)[C@H]1S. The van der Waals surface area contributed by atoms with E-state index >= 15 is 0 Å². The molecule has 4 atom stereocenters. The summed E-state index contributed by atoms with van der Waals surface area (Å²) in [5.74, 6) is 0.267. The van der Waals surface area contributed by atoms with E-state index in [0.29, 0.717) is 11.2 Å². The summed E-state index contributed by atoms with van der Waals surface area (Å²) in [6.45, 7) is -0.561. The van der Waals surface area contributed by atoms with Gasteiger partial charge in [0.1, 0.15) is 11.8 Å². The van der Waals surface area contributed by atoms with Crippen LogP contribution in [0.15, 0.2) is 12.7 Å². The highest BCUT2D eigenvalue weighted by atomic mass is 32.1. The van der Waals surface area contributed by atoms with Crippen molar-refractivity contribution in [1.82, 2.24) is 19.5 Å². The molecule has 1 aliphatic heterocycles. The van der Waals surface area contributed by atoms with E-state index in [1.165, 1.54) is 12.7 Å². The lowest BCUT2D eigenvalue weighted by Gasteiger charge is -2.16. The molecule has 1 saturated heterocycles. The van der Waals surface area contributed by atoms with Crippen molar-refractivity contribution in [2.75, 3.05) is 12.4 Å². The maximum atomic E-state index is 12.4. The third-order valence-corrected chi connectivity index (χ3v) is 3.95. The van der Waals surface area contributed by atoms with E-state index < -0.39 is 30.4 Å². The van der Waals surface area contributed by atoms with Crippen molar-refractivity contribution in [1.29, 1.82) is 0 Å². The van der Waals surface area contributed by atoms with E-state index in [2.05, 4.69) is 27.6 Å². The highest BCUT2D eigenvalue weighted by molar-refractivity contribution is 7.81. The van der Waals surface area contributed by atoms with Crippen molar-refractivity contribution in [2.24, 2.45) is 0 Å². The molecule has 1 fully saturated rings. The average Bonchev–Trinajstić information content (AvgIpc) is 2.97. The van der Waals surface area contributed by atoms with Crippen molar-refractivity contribution in [2.45, 2.75) is 30.1 Å². The van der Waals surface area contributed by atoms with Gasteiger partial charge >= 0.3 is 0 Å². The summed E-state index contributed by atoms with van der Waals surface area (Å²) in [7, 11) is 0. The van der Waals surface area contributed by atoms with E-state index in [0.717, 1.165) is 0 Å². The van der Waals surface area contributed by atoms with Crippen LogP contribution in [0.5, 0.6) is 0 Å². The van der Waals surface area contributed by atoms with Crippen molar-refractivity contribution in [3.05, 3.63) is 12.7 Å². The van der Waals surface area contributed by atoms with Crippen LogP contribution in [-0.4, -0.2) is 48.8 Å². The molecule has 1 aliphatic rings. The number of nitrogens with two attached hydrogens (primary N) is 1. The van der Waals surface area contributed by atoms with Crippen LogP contribution in [0.2, 0.25) is 0 Å². The number of aromatic nitrogens is 4. The number of ether oxygens (including phenoxy) is 1. The average molecular weight is 299 g/mol. The Balaban J connectivity index is 1.97. The Morgan fingerprint density at radius 3 is 3.00 bits per heavy atom. The van der Waals surface area contributed by atoms with Gasteiger partial charge in [-0.15, -0.1) is 0 Å². The lowest BCUT2D eigenvalue weighted by atomic mass is 10.1. The molecule has 3 heterocycles. The Morgan fingerprint density at radius 1 is 1.45 bits per heavy atom. The number of fused-ring (bicyclic) bond motifs is 1. The molecule has 0 saturated carbocycles. The highest BCUT2D eigenvalue weighted by Crippen LogP contribution is 2.36. The van der Waals surface area contributed by atoms with Gasteiger partial charge in [-0.3, -0.25) is 8.96 Å². The minimum absolute atomic E-state index is 0.123. The quantitative estimate of drug-likeness (QED) is 0.706. The van der Waals surface area contributed by atoms with Crippen molar-refractivity contribution < 1.29 is 14.2 Å². The first-order chi connectivity index (χ1) is 9.63. The topological polar surface area (TPSA) is 99.1 Å². The predicted molar refractivity (Wildman–Crippen MR) is 73.0 cm³/mol. The maximum absolute atomic E-state index is 12.4. The van der Waals surface area contributed by atoms with Gasteiger partial charge in [-0.05, 0) is 0 Å². The number of nitrogen functional groups attached to an aromatic ring is 1. The summed E-state index contributed by atoms with van der Waals surface area (Å²) in [5, 5.41) is 9.53. The molecule has 9 heteroatoms. The zero-order chi connectivity index (χ0) is 14.3. The molecule has 0 unspecified atom stereocenters. The van der Waals surface area contributed by atoms with Gasteiger partial charge in [-0.2, -0.15) is 12.6 Å². The van der Waals surface area contributed by atoms with Gasteiger partial charge < -0.3 is 15.6 Å². The van der Waals surface area contributed by atoms with Gasteiger partial charge in [-0.1, -0.05) is 0 Å². The van der Waals surface area contributed by atoms with Crippen LogP contribution in [0.4, 0.5) is 10.2 Å². The van der Waals surface area contributed by atoms with Crippen LogP contribution in [0.1, 0.15) is 12.6 Å². The minimum Gasteiger partial charge on any atom is -0.389 e. The Kier molecular flexibility index (Phi) is 3.48. The first-order valence-electron chi connectivity index (χ1n) is 6.14. The molecular weight excluding hydrogens is 285 g/mol. The van der Waals surface area contributed by atoms with Crippen LogP contribution in [0.25, 0.3) is 11.2 Å². The number of aliphatic hydroxyl groups is 1. The van der Waals surface area contributed by atoms with Crippen LogP contribution >= 0.6 is 12.6 Å². The second-order valence-corrected chi connectivity index (χ2v) is 5.20. The van der Waals surface area contributed by atoms with E-state index in [-0.39, 0.29) is 12.2 Å². The number of alkyl halides is 1. The first kappa shape index (κ1) is 13.5. The summed E-state index contributed by atoms with van der Waals surface area (Å²) < 4.78 is 19.8. The van der Waals surface area contributed by atoms with Gasteiger partial charge in [0.25, 0.3) is 0 Å². The van der Waals surface area contributed by atoms with E-state index in [9.17, 15) is 9.50 Å². The summed E-state index contributed by atoms with van der Waals surface area (Å²) in [5.41, 5.74) is 6.67. The Bertz CT molecular complexity index is 624. The van der Waals surface area contributed by atoms with Gasteiger partial charge in [0.2, 0.25) is 0 Å². The summed E-state index contributed by atoms with van der Waals surface area (Å²) in [6.07, 6.45) is 0.935. The molecule has 3 N–H and O–H groups in total. The second-order valence-electron chi connectivity index (χ2n) is 4.61. The number of rotatable bonds is 3. The maximum Gasteiger partial charge on any atom is 0.167 e. The fourth-order valence-electron chi connectivity index (χ4n) is 2.36. The lowest BCUT2D eigenvalue weighted by Crippen LogP contribution is -2.28. The second kappa shape index (κ2) is 5.15. The zero-order valence-corrected chi connectivity index (χ0v) is 11.3. The molecule has 20 heavy (non-hydrogen) atoms. The number of hydrogen-bond acceptors (Lipinski definition) is 7. The van der Waals surface area contributed by atoms with Crippen LogP contribution < -0.4 is 5.73 Å². The standard InChI is InChI=1S/C11H14FN5O2S/c12-2-1-5-7(18)8(20)11(19-5)17-4-16-6-9(13)14-3-15-10(6)17/h3-5,7-8,11,18,20H,1-2H2,(H2,13,14,15)/t5-,7-,8-,11-/m1/s1. The normalized spacial score (nSPS) is 30.1. The van der Waals surface area contributed by atoms with E-state index in [4.69, 9.17) is 10.5 Å². The fraction of sp³-hybridized carbons (Fsp3) is 0.545. The Labute approximate surface area is 119 Å². The Hall–Kier alpha value is -1.45. The van der Waals surface area contributed by atoms with Gasteiger partial charge in [0, 0.05) is 6.42 Å². The molecule has 0 aromatic carbocycles. The van der Waals surface area contributed by atoms with E-state index in [1.807, 2.05) is 0 Å². The van der Waals surface area contributed by atoms with Crippen molar-refractivity contribution in [3.8, 4) is 0 Å². The molecule has 108 valence electrons. The zero-order valence-electron chi connectivity index (χ0n) is 10.4. The molecule has 0 amide bonds. The number of nitrogens with zero attached hydrogens (tertiary/aromatic N) is 4. The molecule has 0 spiro atoms. The first-order valence-corrected chi connectivity index (χ1v) is 6.65. The molecule has 7 nitrogen and oxygen atoms in total. The summed E-state index contributed by atoms with van der Waals surface area (Å²) >= 11 is 4.35. The third-order valence-electron chi connectivity index (χ3n) is 3.39. The summed E-state index contributed by atoms with van der Waals surface area (Å²) in [4.78, 5) is 12.1. The van der Waals surface area contributed by atoms with Gasteiger partial charge in [-0.25, -0.2) is 15.0 Å². The molecule has 0 aliphatic carbocycles. The summed E-state index contributed by atoms with van der Waals surface area (Å²) in [6, 6.07) is 0. The minimum atomic E-state index is -0.851. The monoisotopic (exact) mass is 299 g/mol. The highest BCUT2D eigenvalue weighted by Gasteiger charge is 2.42. The molecule has 0 radical (unpaired) electrons. The third kappa shape index (κ3) is 2.02. The largest absolute Gasteiger partial charge is 0.389 e. The molecule has 2 aromatic rings. The lowest BCUT2D eigenvalue weighted by molar-refractivity contribution is -0.0231. The van der Waals surface area contributed by atoms with Crippen LogP contribution in [0.3, 0.4) is 0 Å². The molecule has 3 rings (SSSR count). The number of anilines is 1. The molecular formula is C11H14FN5O2S. The van der Waals surface area contributed by atoms with Gasteiger partial charge in [0.15, 0.2) is 17.7 Å². The predicted octanol–water partition coefficient (Wildman–Crippen LogP) is 0.325. The molecule has 0 bridgehead atoms. The molecule has 2 aromatic heterocycles. The van der Waals surface area contributed by atoms with E-state index in [1.54, 1.807) is 4.57 Å². The van der Waals surface area contributed by atoms with Crippen molar-refractivity contribution >= 4 is 29.6 Å². The van der Waals surface area contributed by atoms with Crippen LogP contribution in [0, 0.1) is 0 Å². The van der Waals surface area contributed by atoms with Crippen LogP contribution in [-0.2, 0) is 4.74 Å². The van der Waals surface area contributed by atoms with Gasteiger partial charge in [0.05, 0.1) is 30.5 Å². The fourth-order valence-corrected chi connectivity index (χ4v) is 2.77. The smallest absolute Gasteiger partial charge is 0.167 e. The number of thiol groups is 1. The number of halogens is 1. The number of hydrogen-bond donors (Lipinski definition) is 3. The Morgan fingerprint density at radius 2 is 2.25 bits per heavy atom. The number of aliphatic hydroxyl groups excluding tert-OH is 1. The number of imidazole rings is 1.